The van der Waals surface area contributed by atoms with Crippen LogP contribution < -0.4 is 0 Å². The minimum absolute atomic E-state index is 0.384. The molecule has 1 saturated carbocycles. The SMILES string of the molecule is CCC(=O)[C@@H]1C[C@H]2C=C[C@@H]1C2. The molecule has 2 aliphatic carbocycles. The van der Waals surface area contributed by atoms with Crippen LogP contribution in [0.15, 0.2) is 12.2 Å². The Morgan fingerprint density at radius 3 is 2.73 bits per heavy atom. The van der Waals surface area contributed by atoms with E-state index in [1.54, 1.807) is 0 Å². The maximum Gasteiger partial charge on any atom is 0.136 e. The number of allylic oxidation sites excluding steroid dienone is 2. The van der Waals surface area contributed by atoms with Crippen molar-refractivity contribution >= 4 is 5.78 Å². The first kappa shape index (κ1) is 7.08. The maximum atomic E-state index is 11.4. The van der Waals surface area contributed by atoms with Gasteiger partial charge >= 0.3 is 0 Å². The van der Waals surface area contributed by atoms with Crippen molar-refractivity contribution in [3.63, 3.8) is 0 Å². The topological polar surface area (TPSA) is 17.1 Å². The molecule has 0 saturated heterocycles. The quantitative estimate of drug-likeness (QED) is 0.551. The third kappa shape index (κ3) is 1.03. The highest BCUT2D eigenvalue weighted by Gasteiger charge is 2.38. The molecule has 0 radical (unpaired) electrons. The van der Waals surface area contributed by atoms with Crippen LogP contribution in [0.5, 0.6) is 0 Å². The number of carbonyl (C=O) groups is 1. The van der Waals surface area contributed by atoms with Gasteiger partial charge in [0.15, 0.2) is 0 Å². The third-order valence-corrected chi connectivity index (χ3v) is 3.04. The van der Waals surface area contributed by atoms with E-state index in [1.807, 2.05) is 6.92 Å². The van der Waals surface area contributed by atoms with Gasteiger partial charge in [0.1, 0.15) is 5.78 Å². The Morgan fingerprint density at radius 1 is 1.45 bits per heavy atom. The Kier molecular flexibility index (Phi) is 1.59. The lowest BCUT2D eigenvalue weighted by Gasteiger charge is -2.14. The van der Waals surface area contributed by atoms with Gasteiger partial charge in [0.05, 0.1) is 0 Å². The fraction of sp³-hybridized carbons (Fsp3) is 0.700. The summed E-state index contributed by atoms with van der Waals surface area (Å²) in [6.07, 6.45) is 7.63. The molecule has 0 aliphatic heterocycles. The number of fused-ring (bicyclic) bond motifs is 2. The fourth-order valence-electron chi connectivity index (χ4n) is 2.41. The van der Waals surface area contributed by atoms with E-state index in [-0.39, 0.29) is 0 Å². The van der Waals surface area contributed by atoms with Crippen molar-refractivity contribution in [2.24, 2.45) is 17.8 Å². The predicted octanol–water partition coefficient (Wildman–Crippen LogP) is 2.18. The summed E-state index contributed by atoms with van der Waals surface area (Å²) < 4.78 is 0. The van der Waals surface area contributed by atoms with Gasteiger partial charge in [-0.25, -0.2) is 0 Å². The molecule has 0 N–H and O–H groups in total. The van der Waals surface area contributed by atoms with Crippen molar-refractivity contribution in [2.45, 2.75) is 26.2 Å². The van der Waals surface area contributed by atoms with Crippen LogP contribution in [0, 0.1) is 17.8 Å². The van der Waals surface area contributed by atoms with Gasteiger partial charge in [0.25, 0.3) is 0 Å². The minimum Gasteiger partial charge on any atom is -0.299 e. The van der Waals surface area contributed by atoms with Gasteiger partial charge in [-0.2, -0.15) is 0 Å². The summed E-state index contributed by atoms with van der Waals surface area (Å²) in [6, 6.07) is 0. The summed E-state index contributed by atoms with van der Waals surface area (Å²) in [4.78, 5) is 11.4. The molecule has 0 amide bonds. The highest BCUT2D eigenvalue weighted by Crippen LogP contribution is 2.43. The predicted molar refractivity (Wildman–Crippen MR) is 44.1 cm³/mol. The van der Waals surface area contributed by atoms with Gasteiger partial charge in [0, 0.05) is 12.3 Å². The molecular formula is C10H14O. The van der Waals surface area contributed by atoms with E-state index in [9.17, 15) is 4.79 Å². The molecule has 60 valence electrons. The average molecular weight is 150 g/mol. The Bertz CT molecular complexity index is 205. The zero-order valence-corrected chi connectivity index (χ0v) is 6.92. The Labute approximate surface area is 67.5 Å². The summed E-state index contributed by atoms with van der Waals surface area (Å²) in [5.41, 5.74) is 0. The van der Waals surface area contributed by atoms with Crippen molar-refractivity contribution in [3.8, 4) is 0 Å². The van der Waals surface area contributed by atoms with Crippen LogP contribution in [-0.2, 0) is 4.79 Å². The Hall–Kier alpha value is -0.590. The zero-order chi connectivity index (χ0) is 7.84. The largest absolute Gasteiger partial charge is 0.299 e. The zero-order valence-electron chi connectivity index (χ0n) is 6.92. The van der Waals surface area contributed by atoms with Crippen molar-refractivity contribution < 1.29 is 4.79 Å². The van der Waals surface area contributed by atoms with Gasteiger partial charge in [-0.05, 0) is 24.7 Å². The average Bonchev–Trinajstić information content (AvgIpc) is 2.62. The highest BCUT2D eigenvalue weighted by molar-refractivity contribution is 5.81. The molecule has 1 nitrogen and oxygen atoms in total. The summed E-state index contributed by atoms with van der Waals surface area (Å²) >= 11 is 0. The summed E-state index contributed by atoms with van der Waals surface area (Å²) in [6.45, 7) is 1.97. The smallest absolute Gasteiger partial charge is 0.136 e. The van der Waals surface area contributed by atoms with Gasteiger partial charge in [-0.3, -0.25) is 4.79 Å². The van der Waals surface area contributed by atoms with Crippen LogP contribution in [0.2, 0.25) is 0 Å². The van der Waals surface area contributed by atoms with Crippen LogP contribution in [0.3, 0.4) is 0 Å². The monoisotopic (exact) mass is 150 g/mol. The molecule has 2 rings (SSSR count). The second kappa shape index (κ2) is 2.47. The fourth-order valence-corrected chi connectivity index (χ4v) is 2.41. The molecule has 3 atom stereocenters. The molecular weight excluding hydrogens is 136 g/mol. The molecule has 2 aliphatic rings. The molecule has 1 heteroatoms. The van der Waals surface area contributed by atoms with Gasteiger partial charge in [-0.1, -0.05) is 19.1 Å². The first-order valence-corrected chi connectivity index (χ1v) is 4.52. The number of ketones is 1. The highest BCUT2D eigenvalue weighted by atomic mass is 16.1. The van der Waals surface area contributed by atoms with Crippen molar-refractivity contribution in [3.05, 3.63) is 12.2 Å². The molecule has 0 aromatic rings. The van der Waals surface area contributed by atoms with Gasteiger partial charge in [0.2, 0.25) is 0 Å². The lowest BCUT2D eigenvalue weighted by atomic mass is 9.89. The van der Waals surface area contributed by atoms with E-state index >= 15 is 0 Å². The molecule has 0 aromatic carbocycles. The first-order chi connectivity index (χ1) is 5.31. The molecule has 0 aromatic heterocycles. The van der Waals surface area contributed by atoms with Crippen LogP contribution in [0.4, 0.5) is 0 Å². The number of rotatable bonds is 2. The van der Waals surface area contributed by atoms with Crippen molar-refractivity contribution in [1.82, 2.24) is 0 Å². The van der Waals surface area contributed by atoms with E-state index in [1.165, 1.54) is 6.42 Å². The number of Topliss-reactive ketones (excluding diaryl/α,β-unsaturated/α-hetero) is 1. The van der Waals surface area contributed by atoms with Crippen LogP contribution in [0.25, 0.3) is 0 Å². The molecule has 1 fully saturated rings. The van der Waals surface area contributed by atoms with Gasteiger partial charge < -0.3 is 0 Å². The molecule has 0 heterocycles. The minimum atomic E-state index is 0.384. The van der Waals surface area contributed by atoms with E-state index < -0.39 is 0 Å². The molecule has 11 heavy (non-hydrogen) atoms. The second-order valence-corrected chi connectivity index (χ2v) is 3.71. The maximum absolute atomic E-state index is 11.4. The Morgan fingerprint density at radius 2 is 2.27 bits per heavy atom. The Balaban J connectivity index is 2.08. The standard InChI is InChI=1S/C10H14O/c1-2-10(11)9-6-7-3-4-8(9)5-7/h3-4,7-9H,2,5-6H2,1H3/t7-,8+,9+/m0/s1. The first-order valence-electron chi connectivity index (χ1n) is 4.52. The number of carbonyl (C=O) groups excluding carboxylic acids is 1. The van der Waals surface area contributed by atoms with E-state index in [4.69, 9.17) is 0 Å². The van der Waals surface area contributed by atoms with Gasteiger partial charge in [-0.15, -0.1) is 0 Å². The molecule has 2 bridgehead atoms. The number of hydrogen-bond donors (Lipinski definition) is 0. The van der Waals surface area contributed by atoms with Crippen molar-refractivity contribution in [2.75, 3.05) is 0 Å². The number of hydrogen-bond acceptors (Lipinski definition) is 1. The van der Waals surface area contributed by atoms with E-state index in [0.717, 1.165) is 18.8 Å². The van der Waals surface area contributed by atoms with Crippen LogP contribution in [0.1, 0.15) is 26.2 Å². The normalized spacial score (nSPS) is 39.9. The summed E-state index contributed by atoms with van der Waals surface area (Å²) in [7, 11) is 0. The summed E-state index contributed by atoms with van der Waals surface area (Å²) in [5.74, 6) is 2.20. The van der Waals surface area contributed by atoms with Crippen molar-refractivity contribution in [1.29, 1.82) is 0 Å². The molecule has 0 unspecified atom stereocenters. The van der Waals surface area contributed by atoms with Crippen LogP contribution in [-0.4, -0.2) is 5.78 Å². The lowest BCUT2D eigenvalue weighted by Crippen LogP contribution is -2.17. The lowest BCUT2D eigenvalue weighted by molar-refractivity contribution is -0.123. The van der Waals surface area contributed by atoms with Crippen LogP contribution >= 0.6 is 0 Å². The van der Waals surface area contributed by atoms with E-state index in [0.29, 0.717) is 17.6 Å². The van der Waals surface area contributed by atoms with E-state index in [2.05, 4.69) is 12.2 Å². The summed E-state index contributed by atoms with van der Waals surface area (Å²) in [5, 5.41) is 0. The molecule has 0 spiro atoms. The third-order valence-electron chi connectivity index (χ3n) is 3.04. The second-order valence-electron chi connectivity index (χ2n) is 3.71.